The summed E-state index contributed by atoms with van der Waals surface area (Å²) in [6.07, 6.45) is 4.66. The second-order valence-electron chi connectivity index (χ2n) is 2.41. The normalized spacial score (nSPS) is 13.0. The molecule has 0 radical (unpaired) electrons. The Hall–Kier alpha value is -0.500. The van der Waals surface area contributed by atoms with Crippen molar-refractivity contribution in [3.05, 3.63) is 30.1 Å². The summed E-state index contributed by atoms with van der Waals surface area (Å²) < 4.78 is 0. The van der Waals surface area contributed by atoms with Crippen LogP contribution in [0.4, 0.5) is 0 Å². The molecule has 0 aliphatic carbocycles. The Morgan fingerprint density at radius 3 is 3.00 bits per heavy atom. The summed E-state index contributed by atoms with van der Waals surface area (Å²) in [6.45, 7) is 2.08. The Balaban J connectivity index is 2.59. The molecule has 0 aliphatic rings. The Morgan fingerprint density at radius 1 is 1.70 bits per heavy atom. The Morgan fingerprint density at radius 2 is 2.50 bits per heavy atom. The van der Waals surface area contributed by atoms with Crippen LogP contribution in [0.5, 0.6) is 0 Å². The van der Waals surface area contributed by atoms with Gasteiger partial charge in [0.2, 0.25) is 0 Å². The molecule has 0 fully saturated rings. The highest BCUT2D eigenvalue weighted by Gasteiger charge is 1.95. The molecule has 0 saturated carbocycles. The van der Waals surface area contributed by atoms with Gasteiger partial charge >= 0.3 is 0 Å². The molecule has 0 amide bonds. The maximum absolute atomic E-state index is 4.28. The molecule has 1 aromatic heterocycles. The first-order valence-electron chi connectivity index (χ1n) is 3.36. The minimum Gasteiger partial charge on any atom is -0.264 e. The van der Waals surface area contributed by atoms with Crippen LogP contribution in [-0.2, 0) is 6.42 Å². The van der Waals surface area contributed by atoms with Crippen LogP contribution in [-0.4, -0.2) is 10.2 Å². The van der Waals surface area contributed by atoms with Crippen molar-refractivity contribution in [2.75, 3.05) is 0 Å². The van der Waals surface area contributed by atoms with E-state index in [1.807, 2.05) is 12.3 Å². The molecular formula is C8H11NS. The molecule has 1 heterocycles. The second-order valence-corrected chi connectivity index (χ2v) is 3.30. The van der Waals surface area contributed by atoms with Crippen molar-refractivity contribution in [3.63, 3.8) is 0 Å². The smallest absolute Gasteiger partial charge is 0.0300 e. The van der Waals surface area contributed by atoms with Crippen LogP contribution in [0.1, 0.15) is 12.5 Å². The van der Waals surface area contributed by atoms with Crippen molar-refractivity contribution >= 4 is 12.6 Å². The second kappa shape index (κ2) is 3.62. The van der Waals surface area contributed by atoms with Gasteiger partial charge in [-0.25, -0.2) is 0 Å². The molecule has 2 heteroatoms. The van der Waals surface area contributed by atoms with Crippen LogP contribution in [0.25, 0.3) is 0 Å². The summed E-state index contributed by atoms with van der Waals surface area (Å²) in [5, 5.41) is 0.421. The lowest BCUT2D eigenvalue weighted by Gasteiger charge is -2.01. The quantitative estimate of drug-likeness (QED) is 0.641. The van der Waals surface area contributed by atoms with E-state index < -0.39 is 0 Å². The zero-order valence-corrected chi connectivity index (χ0v) is 6.88. The molecule has 0 aromatic carbocycles. The minimum atomic E-state index is 0.421. The van der Waals surface area contributed by atoms with Gasteiger partial charge in [0, 0.05) is 17.6 Å². The number of pyridine rings is 1. The highest BCUT2D eigenvalue weighted by Crippen LogP contribution is 2.04. The molecule has 0 bridgehead atoms. The molecule has 1 unspecified atom stereocenters. The van der Waals surface area contributed by atoms with Gasteiger partial charge in [0.1, 0.15) is 0 Å². The molecular weight excluding hydrogens is 142 g/mol. The lowest BCUT2D eigenvalue weighted by molar-refractivity contribution is 0.941. The molecule has 0 spiro atoms. The van der Waals surface area contributed by atoms with Gasteiger partial charge in [-0.2, -0.15) is 12.6 Å². The van der Waals surface area contributed by atoms with Crippen LogP contribution < -0.4 is 0 Å². The van der Waals surface area contributed by atoms with Crippen molar-refractivity contribution in [2.45, 2.75) is 18.6 Å². The van der Waals surface area contributed by atoms with Crippen molar-refractivity contribution in [1.82, 2.24) is 4.98 Å². The van der Waals surface area contributed by atoms with Gasteiger partial charge in [0.25, 0.3) is 0 Å². The average Bonchev–Trinajstić information content (AvgIpc) is 1.88. The summed E-state index contributed by atoms with van der Waals surface area (Å²) >= 11 is 4.28. The zero-order chi connectivity index (χ0) is 7.40. The van der Waals surface area contributed by atoms with Gasteiger partial charge in [-0.1, -0.05) is 13.0 Å². The van der Waals surface area contributed by atoms with E-state index in [0.29, 0.717) is 5.25 Å². The first kappa shape index (κ1) is 7.61. The summed E-state index contributed by atoms with van der Waals surface area (Å²) in [5.74, 6) is 0. The summed E-state index contributed by atoms with van der Waals surface area (Å²) in [4.78, 5) is 4.00. The van der Waals surface area contributed by atoms with Crippen LogP contribution in [0, 0.1) is 0 Å². The largest absolute Gasteiger partial charge is 0.264 e. The highest BCUT2D eigenvalue weighted by atomic mass is 32.1. The summed E-state index contributed by atoms with van der Waals surface area (Å²) in [5.41, 5.74) is 1.25. The summed E-state index contributed by atoms with van der Waals surface area (Å²) in [7, 11) is 0. The van der Waals surface area contributed by atoms with Gasteiger partial charge < -0.3 is 0 Å². The fourth-order valence-electron chi connectivity index (χ4n) is 0.860. The van der Waals surface area contributed by atoms with Crippen LogP contribution >= 0.6 is 12.6 Å². The molecule has 1 aromatic rings. The van der Waals surface area contributed by atoms with Gasteiger partial charge in [0.05, 0.1) is 0 Å². The van der Waals surface area contributed by atoms with Crippen LogP contribution in [0.15, 0.2) is 24.5 Å². The minimum absolute atomic E-state index is 0.421. The van der Waals surface area contributed by atoms with Crippen molar-refractivity contribution in [1.29, 1.82) is 0 Å². The van der Waals surface area contributed by atoms with E-state index in [4.69, 9.17) is 0 Å². The third-order valence-electron chi connectivity index (χ3n) is 1.25. The molecule has 0 saturated heterocycles. The lowest BCUT2D eigenvalue weighted by atomic mass is 10.2. The van der Waals surface area contributed by atoms with E-state index in [0.717, 1.165) is 6.42 Å². The van der Waals surface area contributed by atoms with E-state index in [1.165, 1.54) is 5.56 Å². The van der Waals surface area contributed by atoms with E-state index in [-0.39, 0.29) is 0 Å². The van der Waals surface area contributed by atoms with E-state index in [1.54, 1.807) is 6.20 Å². The maximum Gasteiger partial charge on any atom is 0.0300 e. The molecule has 0 N–H and O–H groups in total. The third kappa shape index (κ3) is 2.40. The van der Waals surface area contributed by atoms with Crippen molar-refractivity contribution in [3.8, 4) is 0 Å². The Kier molecular flexibility index (Phi) is 2.75. The molecule has 54 valence electrons. The maximum atomic E-state index is 4.28. The number of hydrogen-bond donors (Lipinski definition) is 1. The van der Waals surface area contributed by atoms with Gasteiger partial charge in [-0.05, 0) is 18.1 Å². The first-order valence-corrected chi connectivity index (χ1v) is 3.87. The Labute approximate surface area is 66.9 Å². The predicted octanol–water partition coefficient (Wildman–Crippen LogP) is 1.94. The molecule has 0 aliphatic heterocycles. The van der Waals surface area contributed by atoms with Crippen LogP contribution in [0.3, 0.4) is 0 Å². The lowest BCUT2D eigenvalue weighted by Crippen LogP contribution is -1.96. The van der Waals surface area contributed by atoms with E-state index in [9.17, 15) is 0 Å². The van der Waals surface area contributed by atoms with Gasteiger partial charge in [-0.3, -0.25) is 4.98 Å². The Bertz CT molecular complexity index is 184. The third-order valence-corrected chi connectivity index (χ3v) is 1.44. The van der Waals surface area contributed by atoms with E-state index >= 15 is 0 Å². The topological polar surface area (TPSA) is 12.9 Å². The monoisotopic (exact) mass is 153 g/mol. The number of hydrogen-bond acceptors (Lipinski definition) is 2. The summed E-state index contributed by atoms with van der Waals surface area (Å²) in [6, 6.07) is 4.02. The van der Waals surface area contributed by atoms with Crippen molar-refractivity contribution in [2.24, 2.45) is 0 Å². The SMILES string of the molecule is CC(S)Cc1cccnc1. The van der Waals surface area contributed by atoms with Gasteiger partial charge in [-0.15, -0.1) is 0 Å². The standard InChI is InChI=1S/C8H11NS/c1-7(10)5-8-3-2-4-9-6-8/h2-4,6-7,10H,5H2,1H3. The van der Waals surface area contributed by atoms with Crippen molar-refractivity contribution < 1.29 is 0 Å². The zero-order valence-electron chi connectivity index (χ0n) is 5.99. The molecule has 1 rings (SSSR count). The fraction of sp³-hybridized carbons (Fsp3) is 0.375. The number of aromatic nitrogens is 1. The van der Waals surface area contributed by atoms with E-state index in [2.05, 4.69) is 30.6 Å². The highest BCUT2D eigenvalue weighted by molar-refractivity contribution is 7.80. The number of nitrogens with zero attached hydrogens (tertiary/aromatic N) is 1. The molecule has 10 heavy (non-hydrogen) atoms. The van der Waals surface area contributed by atoms with Gasteiger partial charge in [0.15, 0.2) is 0 Å². The number of thiol groups is 1. The molecule has 1 atom stereocenters. The van der Waals surface area contributed by atoms with Crippen LogP contribution in [0.2, 0.25) is 0 Å². The predicted molar refractivity (Wildman–Crippen MR) is 46.4 cm³/mol. The molecule has 1 nitrogen and oxygen atoms in total. The first-order chi connectivity index (χ1) is 4.79. The average molecular weight is 153 g/mol. The fourth-order valence-corrected chi connectivity index (χ4v) is 1.07. The number of rotatable bonds is 2.